The molecule has 0 aliphatic rings. The molecular formula is C21H30N4O2. The van der Waals surface area contributed by atoms with Crippen molar-refractivity contribution < 1.29 is 9.47 Å². The second-order valence-electron chi connectivity index (χ2n) is 6.03. The normalized spacial score (nSPS) is 12.5. The van der Waals surface area contributed by atoms with E-state index in [0.717, 1.165) is 24.5 Å². The number of ether oxygens (including phenoxy) is 2. The van der Waals surface area contributed by atoms with Crippen molar-refractivity contribution in [1.82, 2.24) is 15.6 Å². The third-order valence-corrected chi connectivity index (χ3v) is 4.05. The van der Waals surface area contributed by atoms with Gasteiger partial charge in [-0.25, -0.2) is 4.98 Å². The molecule has 1 atom stereocenters. The largest absolute Gasteiger partial charge is 0.478 e. The van der Waals surface area contributed by atoms with Crippen LogP contribution in [0, 0.1) is 0 Å². The fraction of sp³-hybridized carbons (Fsp3) is 0.429. The van der Waals surface area contributed by atoms with Crippen molar-refractivity contribution in [3.63, 3.8) is 0 Å². The zero-order chi connectivity index (χ0) is 19.3. The van der Waals surface area contributed by atoms with E-state index in [4.69, 9.17) is 9.47 Å². The number of guanidine groups is 1. The summed E-state index contributed by atoms with van der Waals surface area (Å²) in [6, 6.07) is 14.2. The molecule has 0 bridgehead atoms. The van der Waals surface area contributed by atoms with Crippen molar-refractivity contribution in [3.8, 4) is 5.88 Å². The summed E-state index contributed by atoms with van der Waals surface area (Å²) < 4.78 is 11.4. The van der Waals surface area contributed by atoms with E-state index in [1.54, 1.807) is 13.2 Å². The van der Waals surface area contributed by atoms with Gasteiger partial charge >= 0.3 is 0 Å². The highest BCUT2D eigenvalue weighted by Gasteiger charge is 2.06. The minimum atomic E-state index is 0.103. The molecule has 2 aromatic rings. The van der Waals surface area contributed by atoms with Crippen LogP contribution in [0.5, 0.6) is 5.88 Å². The molecule has 1 aromatic heterocycles. The molecule has 1 aromatic carbocycles. The Kier molecular flexibility index (Phi) is 9.13. The Bertz CT molecular complexity index is 692. The third kappa shape index (κ3) is 7.27. The van der Waals surface area contributed by atoms with Crippen LogP contribution in [0.2, 0.25) is 0 Å². The average Bonchev–Trinajstić information content (AvgIpc) is 2.71. The van der Waals surface area contributed by atoms with Crippen molar-refractivity contribution in [1.29, 1.82) is 0 Å². The molecule has 1 unspecified atom stereocenters. The lowest BCUT2D eigenvalue weighted by atomic mass is 10.1. The molecule has 0 aliphatic carbocycles. The Morgan fingerprint density at radius 1 is 1.15 bits per heavy atom. The first kappa shape index (κ1) is 20.7. The van der Waals surface area contributed by atoms with E-state index in [0.29, 0.717) is 25.6 Å². The van der Waals surface area contributed by atoms with E-state index < -0.39 is 0 Å². The first-order valence-corrected chi connectivity index (χ1v) is 9.42. The van der Waals surface area contributed by atoms with Crippen LogP contribution >= 0.6 is 0 Å². The van der Waals surface area contributed by atoms with Crippen molar-refractivity contribution in [2.75, 3.05) is 26.8 Å². The molecule has 0 saturated carbocycles. The van der Waals surface area contributed by atoms with E-state index in [2.05, 4.69) is 39.7 Å². The van der Waals surface area contributed by atoms with Crippen molar-refractivity contribution in [3.05, 3.63) is 59.8 Å². The van der Waals surface area contributed by atoms with Crippen LogP contribution in [0.4, 0.5) is 0 Å². The topological polar surface area (TPSA) is 67.8 Å². The second kappa shape index (κ2) is 11.9. The molecule has 146 valence electrons. The number of benzene rings is 1. The summed E-state index contributed by atoms with van der Waals surface area (Å²) in [5.74, 6) is 1.41. The monoisotopic (exact) mass is 370 g/mol. The van der Waals surface area contributed by atoms with E-state index in [1.807, 2.05) is 37.3 Å². The van der Waals surface area contributed by atoms with Crippen LogP contribution in [0.15, 0.2) is 53.7 Å². The lowest BCUT2D eigenvalue weighted by molar-refractivity contribution is 0.0646. The van der Waals surface area contributed by atoms with Crippen LogP contribution in [-0.4, -0.2) is 37.7 Å². The van der Waals surface area contributed by atoms with E-state index >= 15 is 0 Å². The smallest absolute Gasteiger partial charge is 0.218 e. The maximum absolute atomic E-state index is 5.89. The predicted octanol–water partition coefficient (Wildman–Crippen LogP) is 3.31. The van der Waals surface area contributed by atoms with Gasteiger partial charge in [-0.1, -0.05) is 36.4 Å². The highest BCUT2D eigenvalue weighted by Crippen LogP contribution is 2.16. The molecule has 0 amide bonds. The fourth-order valence-electron chi connectivity index (χ4n) is 2.58. The van der Waals surface area contributed by atoms with Crippen molar-refractivity contribution in [2.45, 2.75) is 32.9 Å². The highest BCUT2D eigenvalue weighted by atomic mass is 16.5. The summed E-state index contributed by atoms with van der Waals surface area (Å²) in [6.45, 7) is 6.70. The number of nitrogens with one attached hydrogen (secondary N) is 2. The molecule has 0 saturated heterocycles. The molecule has 27 heavy (non-hydrogen) atoms. The SMILES string of the molecule is CCOc1ncccc1CNC(=NC)NCCCOC(C)c1ccccc1. The number of aliphatic imine (C=N–C) groups is 1. The number of nitrogens with zero attached hydrogens (tertiary/aromatic N) is 2. The summed E-state index contributed by atoms with van der Waals surface area (Å²) in [6.07, 6.45) is 2.73. The quantitative estimate of drug-likeness (QED) is 0.381. The third-order valence-electron chi connectivity index (χ3n) is 4.05. The van der Waals surface area contributed by atoms with E-state index in [9.17, 15) is 0 Å². The molecule has 1 heterocycles. The molecule has 0 spiro atoms. The maximum Gasteiger partial charge on any atom is 0.218 e. The van der Waals surface area contributed by atoms with Gasteiger partial charge in [0, 0.05) is 38.5 Å². The fourth-order valence-corrected chi connectivity index (χ4v) is 2.58. The molecule has 6 heteroatoms. The van der Waals surface area contributed by atoms with Gasteiger partial charge in [0.05, 0.1) is 12.7 Å². The van der Waals surface area contributed by atoms with Crippen LogP contribution in [0.25, 0.3) is 0 Å². The lowest BCUT2D eigenvalue weighted by Gasteiger charge is -2.15. The molecule has 0 radical (unpaired) electrons. The van der Waals surface area contributed by atoms with Crippen LogP contribution in [0.1, 0.15) is 37.5 Å². The van der Waals surface area contributed by atoms with Crippen LogP contribution in [0.3, 0.4) is 0 Å². The molecule has 0 aliphatic heterocycles. The van der Waals surface area contributed by atoms with Gasteiger partial charge in [-0.3, -0.25) is 4.99 Å². The Morgan fingerprint density at radius 2 is 1.96 bits per heavy atom. The van der Waals surface area contributed by atoms with E-state index in [-0.39, 0.29) is 6.10 Å². The van der Waals surface area contributed by atoms with Gasteiger partial charge in [0.2, 0.25) is 5.88 Å². The van der Waals surface area contributed by atoms with Crippen LogP contribution in [-0.2, 0) is 11.3 Å². The Morgan fingerprint density at radius 3 is 2.70 bits per heavy atom. The minimum Gasteiger partial charge on any atom is -0.478 e. The Balaban J connectivity index is 1.67. The summed E-state index contributed by atoms with van der Waals surface area (Å²) >= 11 is 0. The van der Waals surface area contributed by atoms with Gasteiger partial charge in [-0.2, -0.15) is 0 Å². The predicted molar refractivity (Wildman–Crippen MR) is 109 cm³/mol. The number of hydrogen-bond acceptors (Lipinski definition) is 4. The van der Waals surface area contributed by atoms with Gasteiger partial charge in [0.25, 0.3) is 0 Å². The van der Waals surface area contributed by atoms with Crippen LogP contribution < -0.4 is 15.4 Å². The van der Waals surface area contributed by atoms with E-state index in [1.165, 1.54) is 5.56 Å². The zero-order valence-electron chi connectivity index (χ0n) is 16.4. The molecule has 6 nitrogen and oxygen atoms in total. The standard InChI is InChI=1S/C21H30N4O2/c1-4-26-20-19(12-8-13-23-20)16-25-21(22-3)24-14-9-15-27-17(2)18-10-6-5-7-11-18/h5-8,10-13,17H,4,9,14-16H2,1-3H3,(H2,22,24,25). The minimum absolute atomic E-state index is 0.103. The number of rotatable bonds is 10. The summed E-state index contributed by atoms with van der Waals surface area (Å²) in [4.78, 5) is 8.51. The van der Waals surface area contributed by atoms with Crippen molar-refractivity contribution in [2.24, 2.45) is 4.99 Å². The lowest BCUT2D eigenvalue weighted by Crippen LogP contribution is -2.37. The average molecular weight is 370 g/mol. The summed E-state index contributed by atoms with van der Waals surface area (Å²) in [7, 11) is 1.76. The van der Waals surface area contributed by atoms with Crippen molar-refractivity contribution >= 4 is 5.96 Å². The number of hydrogen-bond donors (Lipinski definition) is 2. The van der Waals surface area contributed by atoms with Gasteiger partial charge in [-0.15, -0.1) is 0 Å². The Hall–Kier alpha value is -2.60. The molecule has 2 N–H and O–H groups in total. The summed E-state index contributed by atoms with van der Waals surface area (Å²) in [5.41, 5.74) is 2.20. The second-order valence-corrected chi connectivity index (χ2v) is 6.03. The first-order chi connectivity index (χ1) is 13.2. The molecule has 2 rings (SSSR count). The van der Waals surface area contributed by atoms with Gasteiger partial charge < -0.3 is 20.1 Å². The van der Waals surface area contributed by atoms with Gasteiger partial charge in [0.1, 0.15) is 0 Å². The first-order valence-electron chi connectivity index (χ1n) is 9.42. The summed E-state index contributed by atoms with van der Waals surface area (Å²) in [5, 5.41) is 6.59. The molecule has 0 fully saturated rings. The van der Waals surface area contributed by atoms with Gasteiger partial charge in [-0.05, 0) is 31.9 Å². The highest BCUT2D eigenvalue weighted by molar-refractivity contribution is 5.79. The number of pyridine rings is 1. The molecular weight excluding hydrogens is 340 g/mol. The maximum atomic E-state index is 5.89. The Labute approximate surface area is 162 Å². The zero-order valence-corrected chi connectivity index (χ0v) is 16.4. The van der Waals surface area contributed by atoms with Gasteiger partial charge in [0.15, 0.2) is 5.96 Å². The number of aromatic nitrogens is 1.